The van der Waals surface area contributed by atoms with Gasteiger partial charge in [0.2, 0.25) is 0 Å². The van der Waals surface area contributed by atoms with Gasteiger partial charge in [0.1, 0.15) is 6.04 Å². The van der Waals surface area contributed by atoms with Crippen LogP contribution in [0.1, 0.15) is 27.7 Å². The van der Waals surface area contributed by atoms with Crippen LogP contribution in [0.4, 0.5) is 0 Å². The number of nitrogens with one attached hydrogen (secondary N) is 1. The van der Waals surface area contributed by atoms with Crippen molar-refractivity contribution in [1.82, 2.24) is 14.3 Å². The molecule has 0 unspecified atom stereocenters. The fourth-order valence-electron chi connectivity index (χ4n) is 1.70. The summed E-state index contributed by atoms with van der Waals surface area (Å²) < 4.78 is 28.0. The zero-order chi connectivity index (χ0) is 15.5. The van der Waals surface area contributed by atoms with E-state index in [9.17, 15) is 13.2 Å². The number of aliphatic carboxylic acids is 1. The van der Waals surface area contributed by atoms with E-state index < -0.39 is 22.0 Å². The lowest BCUT2D eigenvalue weighted by Crippen LogP contribution is -2.44. The van der Waals surface area contributed by atoms with Crippen molar-refractivity contribution in [3.05, 3.63) is 12.5 Å². The van der Waals surface area contributed by atoms with Gasteiger partial charge < -0.3 is 9.67 Å². The molecule has 0 fully saturated rings. The van der Waals surface area contributed by atoms with Crippen LogP contribution in [0.15, 0.2) is 17.6 Å². The summed E-state index contributed by atoms with van der Waals surface area (Å²) in [6.07, 6.45) is 2.83. The summed E-state index contributed by atoms with van der Waals surface area (Å²) in [5.41, 5.74) is 0. The Morgan fingerprint density at radius 2 is 2.00 bits per heavy atom. The van der Waals surface area contributed by atoms with Crippen LogP contribution < -0.4 is 4.72 Å². The molecule has 2 N–H and O–H groups in total. The molecule has 0 aromatic carbocycles. The van der Waals surface area contributed by atoms with Gasteiger partial charge in [0, 0.05) is 12.7 Å². The Bertz CT molecular complexity index is 563. The maximum absolute atomic E-state index is 12.1. The molecular weight excluding hydrogens is 282 g/mol. The van der Waals surface area contributed by atoms with E-state index in [0.717, 1.165) is 0 Å². The van der Waals surface area contributed by atoms with Crippen molar-refractivity contribution >= 4 is 16.0 Å². The first-order chi connectivity index (χ1) is 9.13. The summed E-state index contributed by atoms with van der Waals surface area (Å²) >= 11 is 0. The van der Waals surface area contributed by atoms with E-state index in [1.54, 1.807) is 18.4 Å². The average molecular weight is 303 g/mol. The molecule has 7 nitrogen and oxygen atoms in total. The smallest absolute Gasteiger partial charge is 0.322 e. The lowest BCUT2D eigenvalue weighted by Gasteiger charge is -2.16. The summed E-state index contributed by atoms with van der Waals surface area (Å²) in [5, 5.41) is 8.86. The van der Waals surface area contributed by atoms with E-state index in [4.69, 9.17) is 5.11 Å². The van der Waals surface area contributed by atoms with Gasteiger partial charge in [0.15, 0.2) is 5.03 Å². The molecule has 0 saturated heterocycles. The molecule has 1 atom stereocenters. The topological polar surface area (TPSA) is 101 Å². The number of hydrogen-bond acceptors (Lipinski definition) is 4. The molecule has 0 aliphatic carbocycles. The summed E-state index contributed by atoms with van der Waals surface area (Å²) in [6.45, 7) is 7.93. The molecule has 0 aliphatic heterocycles. The van der Waals surface area contributed by atoms with Crippen molar-refractivity contribution in [2.75, 3.05) is 0 Å². The van der Waals surface area contributed by atoms with Crippen LogP contribution in [0.3, 0.4) is 0 Å². The Morgan fingerprint density at radius 1 is 1.40 bits per heavy atom. The molecule has 0 bridgehead atoms. The Hall–Kier alpha value is -1.41. The van der Waals surface area contributed by atoms with Gasteiger partial charge in [-0.05, 0) is 11.8 Å². The second-order valence-electron chi connectivity index (χ2n) is 5.48. The standard InChI is InChI=1S/C12H21N3O4S/c1-8(2)5-15-6-10(13-7-15)20(18,19)14-11(9(3)4)12(16)17/h6-9,11,14H,5H2,1-4H3,(H,16,17)/t11-/m0/s1. The zero-order valence-electron chi connectivity index (χ0n) is 12.1. The second kappa shape index (κ2) is 6.36. The van der Waals surface area contributed by atoms with Gasteiger partial charge in [0.25, 0.3) is 10.0 Å². The number of aromatic nitrogens is 2. The van der Waals surface area contributed by atoms with Crippen LogP contribution in [0.2, 0.25) is 0 Å². The van der Waals surface area contributed by atoms with Gasteiger partial charge in [-0.2, -0.15) is 4.72 Å². The van der Waals surface area contributed by atoms with E-state index in [-0.39, 0.29) is 10.9 Å². The summed E-state index contributed by atoms with van der Waals surface area (Å²) in [4.78, 5) is 14.9. The first-order valence-corrected chi connectivity index (χ1v) is 7.88. The summed E-state index contributed by atoms with van der Waals surface area (Å²) in [5.74, 6) is -1.21. The second-order valence-corrected chi connectivity index (χ2v) is 7.14. The highest BCUT2D eigenvalue weighted by Crippen LogP contribution is 2.11. The fraction of sp³-hybridized carbons (Fsp3) is 0.667. The van der Waals surface area contributed by atoms with E-state index in [2.05, 4.69) is 9.71 Å². The van der Waals surface area contributed by atoms with E-state index in [1.807, 2.05) is 13.8 Å². The lowest BCUT2D eigenvalue weighted by molar-refractivity contribution is -0.140. The highest BCUT2D eigenvalue weighted by Gasteiger charge is 2.29. The largest absolute Gasteiger partial charge is 0.480 e. The molecule has 0 radical (unpaired) electrons. The van der Waals surface area contributed by atoms with Crippen molar-refractivity contribution in [3.63, 3.8) is 0 Å². The molecule has 0 amide bonds. The molecule has 1 heterocycles. The molecule has 0 saturated carbocycles. The van der Waals surface area contributed by atoms with Crippen molar-refractivity contribution < 1.29 is 18.3 Å². The molecule has 20 heavy (non-hydrogen) atoms. The summed E-state index contributed by atoms with van der Waals surface area (Å²) in [6, 6.07) is -1.17. The van der Waals surface area contributed by atoms with Crippen LogP contribution in [-0.4, -0.2) is 35.1 Å². The number of carboxylic acids is 1. The highest BCUT2D eigenvalue weighted by atomic mass is 32.2. The SMILES string of the molecule is CC(C)Cn1cnc(S(=O)(=O)N[C@H](C(=O)O)C(C)C)c1. The van der Waals surface area contributed by atoms with Gasteiger partial charge in [-0.15, -0.1) is 0 Å². The lowest BCUT2D eigenvalue weighted by atomic mass is 10.1. The molecule has 1 aromatic heterocycles. The molecule has 114 valence electrons. The van der Waals surface area contributed by atoms with E-state index >= 15 is 0 Å². The number of sulfonamides is 1. The quantitative estimate of drug-likeness (QED) is 0.780. The Balaban J connectivity index is 2.93. The zero-order valence-corrected chi connectivity index (χ0v) is 12.9. The van der Waals surface area contributed by atoms with Gasteiger partial charge in [-0.25, -0.2) is 13.4 Å². The summed E-state index contributed by atoms with van der Waals surface area (Å²) in [7, 11) is -3.93. The molecule has 1 aromatic rings. The van der Waals surface area contributed by atoms with Crippen molar-refractivity contribution in [1.29, 1.82) is 0 Å². The number of carbonyl (C=O) groups is 1. The first kappa shape index (κ1) is 16.6. The number of imidazole rings is 1. The molecule has 8 heteroatoms. The number of nitrogens with zero attached hydrogens (tertiary/aromatic N) is 2. The van der Waals surface area contributed by atoms with Crippen molar-refractivity contribution in [2.24, 2.45) is 11.8 Å². The number of rotatable bonds is 7. The first-order valence-electron chi connectivity index (χ1n) is 6.40. The molecular formula is C12H21N3O4S. The predicted molar refractivity (Wildman–Crippen MR) is 73.6 cm³/mol. The van der Waals surface area contributed by atoms with Gasteiger partial charge in [-0.1, -0.05) is 27.7 Å². The predicted octanol–water partition coefficient (Wildman–Crippen LogP) is 0.927. The van der Waals surface area contributed by atoms with Gasteiger partial charge in [0.05, 0.1) is 6.33 Å². The fourth-order valence-corrected chi connectivity index (χ4v) is 2.99. The van der Waals surface area contributed by atoms with Crippen molar-refractivity contribution in [3.8, 4) is 0 Å². The van der Waals surface area contributed by atoms with Crippen LogP contribution in [0.5, 0.6) is 0 Å². The van der Waals surface area contributed by atoms with Crippen molar-refractivity contribution in [2.45, 2.75) is 45.3 Å². The Kier molecular flexibility index (Phi) is 5.29. The van der Waals surface area contributed by atoms with Crippen LogP contribution in [0, 0.1) is 11.8 Å². The van der Waals surface area contributed by atoms with E-state index in [1.165, 1.54) is 12.5 Å². The monoisotopic (exact) mass is 303 g/mol. The average Bonchev–Trinajstić information content (AvgIpc) is 2.73. The third-order valence-corrected chi connectivity index (χ3v) is 4.00. The van der Waals surface area contributed by atoms with Crippen LogP contribution in [0.25, 0.3) is 0 Å². The van der Waals surface area contributed by atoms with Crippen LogP contribution >= 0.6 is 0 Å². The molecule has 0 spiro atoms. The third kappa shape index (κ3) is 4.31. The molecule has 0 aliphatic rings. The van der Waals surface area contributed by atoms with E-state index in [0.29, 0.717) is 12.5 Å². The number of carboxylic acid groups (broad SMARTS) is 1. The number of hydrogen-bond donors (Lipinski definition) is 2. The minimum Gasteiger partial charge on any atom is -0.480 e. The maximum Gasteiger partial charge on any atom is 0.322 e. The molecule has 1 rings (SSSR count). The Labute approximate surface area is 119 Å². The van der Waals surface area contributed by atoms with Gasteiger partial charge in [-0.3, -0.25) is 4.79 Å². The van der Waals surface area contributed by atoms with Gasteiger partial charge >= 0.3 is 5.97 Å². The highest BCUT2D eigenvalue weighted by molar-refractivity contribution is 7.89. The Morgan fingerprint density at radius 3 is 2.45 bits per heavy atom. The maximum atomic E-state index is 12.1. The normalized spacial score (nSPS) is 13.9. The third-order valence-electron chi connectivity index (χ3n) is 2.68. The van der Waals surface area contributed by atoms with Crippen LogP contribution in [-0.2, 0) is 21.4 Å². The minimum absolute atomic E-state index is 0.162. The minimum atomic E-state index is -3.93.